The first kappa shape index (κ1) is 20.8. The summed E-state index contributed by atoms with van der Waals surface area (Å²) in [4.78, 5) is 26.3. The fraction of sp³-hybridized carbons (Fsp3) is 0.500. The summed E-state index contributed by atoms with van der Waals surface area (Å²) in [6, 6.07) is 6.14. The van der Waals surface area contributed by atoms with Crippen LogP contribution in [-0.4, -0.2) is 52.1 Å². The number of piperidine rings is 2. The van der Waals surface area contributed by atoms with Gasteiger partial charge < -0.3 is 14.3 Å². The third-order valence-corrected chi connectivity index (χ3v) is 6.62. The van der Waals surface area contributed by atoms with Crippen LogP contribution in [0.3, 0.4) is 0 Å². The lowest BCUT2D eigenvalue weighted by Crippen LogP contribution is -2.49. The average Bonchev–Trinajstić information content (AvgIpc) is 3.23. The first-order chi connectivity index (χ1) is 15.5. The van der Waals surface area contributed by atoms with Gasteiger partial charge in [0.05, 0.1) is 5.92 Å². The first-order valence-electron chi connectivity index (χ1n) is 11.4. The smallest absolute Gasteiger partial charge is 0.263 e. The normalized spacial score (nSPS) is 24.2. The van der Waals surface area contributed by atoms with Gasteiger partial charge in [-0.15, -0.1) is 0 Å². The molecule has 0 unspecified atom stereocenters. The third-order valence-electron chi connectivity index (χ3n) is 6.62. The van der Waals surface area contributed by atoms with Gasteiger partial charge in [0.1, 0.15) is 29.0 Å². The van der Waals surface area contributed by atoms with Crippen molar-refractivity contribution in [2.75, 3.05) is 31.1 Å². The Kier molecular flexibility index (Phi) is 5.53. The van der Waals surface area contributed by atoms with E-state index in [-0.39, 0.29) is 17.6 Å². The second-order valence-electron chi connectivity index (χ2n) is 9.39. The predicted molar refractivity (Wildman–Crippen MR) is 119 cm³/mol. The van der Waals surface area contributed by atoms with Crippen molar-refractivity contribution in [2.45, 2.75) is 33.1 Å². The van der Waals surface area contributed by atoms with Crippen molar-refractivity contribution in [3.8, 4) is 11.3 Å². The maximum absolute atomic E-state index is 13.4. The van der Waals surface area contributed by atoms with E-state index in [1.54, 1.807) is 12.1 Å². The molecule has 2 saturated heterocycles. The molecule has 0 aliphatic carbocycles. The molecule has 4 heterocycles. The number of carbonyl (C=O) groups excluding carboxylic acids is 1. The summed E-state index contributed by atoms with van der Waals surface area (Å²) < 4.78 is 18.9. The zero-order valence-electron chi connectivity index (χ0n) is 18.5. The number of nitrogens with zero attached hydrogens (tertiary/aromatic N) is 5. The Balaban J connectivity index is 1.43. The molecule has 0 radical (unpaired) electrons. The molecular formula is C24H28FN5O2. The molecule has 1 amide bonds. The minimum atomic E-state index is -0.309. The first-order valence-corrected chi connectivity index (χ1v) is 11.4. The van der Waals surface area contributed by atoms with Gasteiger partial charge in [-0.05, 0) is 55.4 Å². The predicted octanol–water partition coefficient (Wildman–Crippen LogP) is 4.14. The van der Waals surface area contributed by atoms with Crippen LogP contribution in [0.2, 0.25) is 0 Å². The number of rotatable bonds is 3. The molecule has 168 valence electrons. The summed E-state index contributed by atoms with van der Waals surface area (Å²) in [6.45, 7) is 7.55. The van der Waals surface area contributed by atoms with Gasteiger partial charge in [-0.2, -0.15) is 4.98 Å². The minimum Gasteiger partial charge on any atom is -0.355 e. The second-order valence-corrected chi connectivity index (χ2v) is 9.39. The number of amides is 1. The summed E-state index contributed by atoms with van der Waals surface area (Å²) in [5.41, 5.74) is 1.71. The molecule has 7 nitrogen and oxygen atoms in total. The van der Waals surface area contributed by atoms with E-state index in [1.807, 2.05) is 0 Å². The molecule has 5 rings (SSSR count). The number of carbonyl (C=O) groups is 1. The van der Waals surface area contributed by atoms with Gasteiger partial charge in [0.15, 0.2) is 0 Å². The van der Waals surface area contributed by atoms with Gasteiger partial charge in [0.25, 0.3) is 5.71 Å². The summed E-state index contributed by atoms with van der Waals surface area (Å²) >= 11 is 0. The van der Waals surface area contributed by atoms with Crippen LogP contribution in [0.5, 0.6) is 0 Å². The Hall–Kier alpha value is -3.03. The number of likely N-dealkylation sites (tertiary alicyclic amines) is 1. The van der Waals surface area contributed by atoms with Crippen LogP contribution in [0, 0.1) is 23.6 Å². The largest absolute Gasteiger partial charge is 0.355 e. The molecule has 3 atom stereocenters. The number of fused-ring (bicyclic) bond motifs is 1. The van der Waals surface area contributed by atoms with Crippen LogP contribution in [0.4, 0.5) is 10.2 Å². The van der Waals surface area contributed by atoms with Crippen molar-refractivity contribution in [3.63, 3.8) is 0 Å². The molecular weight excluding hydrogens is 409 g/mol. The van der Waals surface area contributed by atoms with E-state index < -0.39 is 0 Å². The number of halogens is 1. The van der Waals surface area contributed by atoms with Gasteiger partial charge in [-0.25, -0.2) is 9.37 Å². The quantitative estimate of drug-likeness (QED) is 0.613. The second kappa shape index (κ2) is 8.48. The highest BCUT2D eigenvalue weighted by Gasteiger charge is 2.34. The number of benzene rings is 1. The van der Waals surface area contributed by atoms with Crippen molar-refractivity contribution >= 4 is 22.8 Å². The van der Waals surface area contributed by atoms with E-state index in [4.69, 9.17) is 4.52 Å². The van der Waals surface area contributed by atoms with Gasteiger partial charge in [0.2, 0.25) is 5.91 Å². The zero-order valence-corrected chi connectivity index (χ0v) is 18.5. The highest BCUT2D eigenvalue weighted by Crippen LogP contribution is 2.35. The topological polar surface area (TPSA) is 75.4 Å². The van der Waals surface area contributed by atoms with Crippen LogP contribution in [0.1, 0.15) is 33.1 Å². The molecule has 0 spiro atoms. The van der Waals surface area contributed by atoms with Gasteiger partial charge in [0, 0.05) is 31.7 Å². The number of anilines is 1. The summed E-state index contributed by atoms with van der Waals surface area (Å²) in [7, 11) is 0. The Morgan fingerprint density at radius 1 is 1.09 bits per heavy atom. The molecule has 2 aliphatic heterocycles. The monoisotopic (exact) mass is 437 g/mol. The van der Waals surface area contributed by atoms with Crippen molar-refractivity contribution in [1.29, 1.82) is 0 Å². The van der Waals surface area contributed by atoms with Crippen LogP contribution in [0.15, 0.2) is 35.1 Å². The van der Waals surface area contributed by atoms with Crippen molar-refractivity contribution < 1.29 is 13.7 Å². The molecule has 32 heavy (non-hydrogen) atoms. The van der Waals surface area contributed by atoms with E-state index in [2.05, 4.69) is 38.8 Å². The van der Waals surface area contributed by atoms with Crippen molar-refractivity contribution in [3.05, 3.63) is 36.4 Å². The highest BCUT2D eigenvalue weighted by molar-refractivity contribution is 5.98. The fourth-order valence-corrected chi connectivity index (χ4v) is 5.29. The zero-order chi connectivity index (χ0) is 22.2. The van der Waals surface area contributed by atoms with Crippen LogP contribution < -0.4 is 4.90 Å². The number of hydrogen-bond donors (Lipinski definition) is 0. The lowest BCUT2D eigenvalue weighted by Gasteiger charge is -2.40. The Bertz CT molecular complexity index is 1110. The van der Waals surface area contributed by atoms with E-state index in [0.717, 1.165) is 38.0 Å². The Labute approximate surface area is 186 Å². The molecule has 2 aliphatic rings. The molecule has 2 aromatic heterocycles. The maximum atomic E-state index is 13.4. The van der Waals surface area contributed by atoms with Crippen LogP contribution in [0.25, 0.3) is 22.4 Å². The molecule has 8 heteroatoms. The highest BCUT2D eigenvalue weighted by atomic mass is 19.1. The summed E-state index contributed by atoms with van der Waals surface area (Å²) in [5.74, 6) is 1.69. The van der Waals surface area contributed by atoms with E-state index >= 15 is 0 Å². The molecule has 3 aromatic rings. The van der Waals surface area contributed by atoms with Crippen molar-refractivity contribution in [2.24, 2.45) is 17.8 Å². The SMILES string of the molecule is C[C@@H]1C[C@H](C)CN(C(=O)[C@H]2CCCN(c3ncnc4onc(-c5ccc(F)cc5)c34)C2)C1. The Morgan fingerprint density at radius 2 is 1.84 bits per heavy atom. The number of hydrogen-bond acceptors (Lipinski definition) is 6. The third kappa shape index (κ3) is 3.94. The average molecular weight is 438 g/mol. The molecule has 2 fully saturated rings. The molecule has 0 bridgehead atoms. The lowest BCUT2D eigenvalue weighted by atomic mass is 9.89. The van der Waals surface area contributed by atoms with E-state index in [0.29, 0.717) is 41.0 Å². The summed E-state index contributed by atoms with van der Waals surface area (Å²) in [5, 5.41) is 4.89. The van der Waals surface area contributed by atoms with E-state index in [1.165, 1.54) is 24.9 Å². The van der Waals surface area contributed by atoms with Crippen molar-refractivity contribution in [1.82, 2.24) is 20.0 Å². The number of aromatic nitrogens is 3. The van der Waals surface area contributed by atoms with E-state index in [9.17, 15) is 9.18 Å². The molecule has 0 saturated carbocycles. The minimum absolute atomic E-state index is 0.0552. The molecule has 0 N–H and O–H groups in total. The van der Waals surface area contributed by atoms with Gasteiger partial charge in [-0.3, -0.25) is 4.79 Å². The van der Waals surface area contributed by atoms with Crippen LogP contribution >= 0.6 is 0 Å². The standard InChI is InChI=1S/C24H28FN5O2/c1-15-10-16(2)12-30(11-15)24(31)18-4-3-9-29(13-18)22-20-21(17-5-7-19(25)8-6-17)28-32-23(20)27-14-26-22/h5-8,14-16,18H,3-4,9-13H2,1-2H3/t15-,16+,18-/m0/s1. The van der Waals surface area contributed by atoms with Crippen LogP contribution in [-0.2, 0) is 4.79 Å². The molecule has 1 aromatic carbocycles. The fourth-order valence-electron chi connectivity index (χ4n) is 5.29. The van der Waals surface area contributed by atoms with Gasteiger partial charge in [-0.1, -0.05) is 19.0 Å². The van der Waals surface area contributed by atoms with Gasteiger partial charge >= 0.3 is 0 Å². The Morgan fingerprint density at radius 3 is 2.59 bits per heavy atom. The maximum Gasteiger partial charge on any atom is 0.263 e. The lowest BCUT2D eigenvalue weighted by molar-refractivity contribution is -0.138. The summed E-state index contributed by atoms with van der Waals surface area (Å²) in [6.07, 6.45) is 4.45.